The lowest BCUT2D eigenvalue weighted by atomic mass is 10.1. The summed E-state index contributed by atoms with van der Waals surface area (Å²) in [5, 5.41) is 9.16. The van der Waals surface area contributed by atoms with Gasteiger partial charge < -0.3 is 18.0 Å². The molecule has 0 aliphatic carbocycles. The third kappa shape index (κ3) is 9.01. The molecule has 308 valence electrons. The summed E-state index contributed by atoms with van der Waals surface area (Å²) in [6, 6.07) is 29.2. The summed E-state index contributed by atoms with van der Waals surface area (Å²) in [6.45, 7) is 0.547. The molecular weight excluding hydrogens is 802 g/mol. The second kappa shape index (κ2) is 17.7. The van der Waals surface area contributed by atoms with E-state index < -0.39 is 11.5 Å². The van der Waals surface area contributed by atoms with Crippen LogP contribution in [0.3, 0.4) is 0 Å². The van der Waals surface area contributed by atoms with Crippen LogP contribution in [-0.2, 0) is 46.6 Å². The van der Waals surface area contributed by atoms with Crippen molar-refractivity contribution in [2.24, 2.45) is 14.1 Å². The number of aryl methyl sites for hydroxylation is 5. The van der Waals surface area contributed by atoms with E-state index in [4.69, 9.17) is 20.4 Å². The van der Waals surface area contributed by atoms with Crippen LogP contribution >= 0.6 is 11.6 Å². The van der Waals surface area contributed by atoms with E-state index in [1.807, 2.05) is 18.2 Å². The molecule has 0 aliphatic heterocycles. The van der Waals surface area contributed by atoms with Crippen molar-refractivity contribution in [1.29, 1.82) is 0 Å². The first-order valence-electron chi connectivity index (χ1n) is 19.1. The van der Waals surface area contributed by atoms with Crippen LogP contribution in [0.25, 0.3) is 43.9 Å². The Labute approximate surface area is 349 Å². The van der Waals surface area contributed by atoms with E-state index in [2.05, 4.69) is 96.7 Å². The van der Waals surface area contributed by atoms with Crippen molar-refractivity contribution < 1.29 is 8.83 Å². The second-order valence-electron chi connectivity index (χ2n) is 14.1. The van der Waals surface area contributed by atoms with Gasteiger partial charge in [0.1, 0.15) is 25.0 Å². The van der Waals surface area contributed by atoms with Gasteiger partial charge in [0.2, 0.25) is 5.89 Å². The number of imidazole rings is 2. The van der Waals surface area contributed by atoms with Crippen LogP contribution in [0.1, 0.15) is 22.8 Å². The van der Waals surface area contributed by atoms with Crippen molar-refractivity contribution in [2.75, 3.05) is 5.88 Å². The average molecular weight is 840 g/mol. The average Bonchev–Trinajstić information content (AvgIpc) is 4.06. The van der Waals surface area contributed by atoms with E-state index in [-0.39, 0.29) is 30.1 Å². The first-order chi connectivity index (χ1) is 29.6. The molecule has 0 saturated carbocycles. The number of H-pyrrole nitrogens is 1. The van der Waals surface area contributed by atoms with Gasteiger partial charge in [-0.1, -0.05) is 84.9 Å². The van der Waals surface area contributed by atoms with Crippen molar-refractivity contribution >= 4 is 55.5 Å². The van der Waals surface area contributed by atoms with Crippen molar-refractivity contribution in [1.82, 2.24) is 53.0 Å². The molecule has 0 atom stereocenters. The first-order valence-corrected chi connectivity index (χ1v) is 19.7. The van der Waals surface area contributed by atoms with Crippen molar-refractivity contribution in [2.45, 2.75) is 32.5 Å². The number of alkyl halides is 1. The van der Waals surface area contributed by atoms with E-state index in [1.54, 1.807) is 23.2 Å². The zero-order chi connectivity index (χ0) is 42.5. The summed E-state index contributed by atoms with van der Waals surface area (Å²) in [5.74, 6) is 0.119. The van der Waals surface area contributed by atoms with E-state index in [0.29, 0.717) is 46.9 Å². The van der Waals surface area contributed by atoms with Gasteiger partial charge in [0.05, 0.1) is 25.7 Å². The molecule has 0 radical (unpaired) electrons. The van der Waals surface area contributed by atoms with Gasteiger partial charge in [0.25, 0.3) is 11.1 Å². The minimum absolute atomic E-state index is 0.0190. The highest BCUT2D eigenvalue weighted by atomic mass is 35.5. The molecule has 61 heavy (non-hydrogen) atoms. The van der Waals surface area contributed by atoms with Crippen molar-refractivity contribution in [3.8, 4) is 0 Å². The predicted molar refractivity (Wildman–Crippen MR) is 230 cm³/mol. The number of halogens is 1. The number of nitrogens with zero attached hydrogens (tertiary/aromatic N) is 10. The molecule has 0 fully saturated rings. The summed E-state index contributed by atoms with van der Waals surface area (Å²) >= 11 is 5.69. The van der Waals surface area contributed by atoms with Gasteiger partial charge in [0, 0.05) is 26.2 Å². The Bertz CT molecular complexity index is 3390. The van der Waals surface area contributed by atoms with Gasteiger partial charge in [-0.25, -0.2) is 29.5 Å². The van der Waals surface area contributed by atoms with Crippen LogP contribution in [0, 0.1) is 0 Å². The molecule has 10 rings (SSSR count). The Morgan fingerprint density at radius 3 is 1.69 bits per heavy atom. The molecule has 0 unspecified atom stereocenters. The molecule has 4 aromatic carbocycles. The van der Waals surface area contributed by atoms with Crippen LogP contribution in [-0.4, -0.2) is 58.8 Å². The smallest absolute Gasteiger partial charge is 0.411 e. The first kappa shape index (κ1) is 40.1. The second-order valence-corrected chi connectivity index (χ2v) is 14.5. The highest BCUT2D eigenvalue weighted by Crippen LogP contribution is 2.17. The topological polar surface area (TPSA) is 199 Å². The zero-order valence-electron chi connectivity index (χ0n) is 33.0. The lowest BCUT2D eigenvalue weighted by Crippen LogP contribution is -2.22. The largest absolute Gasteiger partial charge is 0.437 e. The van der Waals surface area contributed by atoms with Gasteiger partial charge >= 0.3 is 11.5 Å². The number of fused-ring (bicyclic) bond motifs is 4. The fraction of sp³-hybridized carbons (Fsp3) is 0.186. The minimum Gasteiger partial charge on any atom is -0.411 e. The normalized spacial score (nSPS) is 11.2. The number of hydrogen-bond acceptors (Lipinski definition) is 11. The molecule has 10 aromatic rings. The fourth-order valence-corrected chi connectivity index (χ4v) is 6.98. The fourth-order valence-electron chi connectivity index (χ4n) is 6.76. The van der Waals surface area contributed by atoms with E-state index >= 15 is 0 Å². The van der Waals surface area contributed by atoms with Gasteiger partial charge in [0.15, 0.2) is 22.3 Å². The molecule has 17 nitrogen and oxygen atoms in total. The van der Waals surface area contributed by atoms with E-state index in [0.717, 1.165) is 17.4 Å². The van der Waals surface area contributed by atoms with E-state index in [9.17, 15) is 19.2 Å². The SMILES string of the molecule is ClCCc1ccc2ccccc2c1.Cn1cnc2ncn(Cc3c[nH]c(=O)o3)c(=O)c21.Cn1cnc2ncn(Cc3nn(CCc4ccc5ccccc5c4)c(=O)o3)c(=O)c21. The molecule has 0 aliphatic rings. The third-order valence-corrected chi connectivity index (χ3v) is 10.1. The maximum Gasteiger partial charge on any atom is 0.437 e. The number of oxazole rings is 1. The number of hydrogen-bond donors (Lipinski definition) is 1. The van der Waals surface area contributed by atoms with E-state index in [1.165, 1.54) is 67.0 Å². The van der Waals surface area contributed by atoms with Crippen LogP contribution in [0.2, 0.25) is 0 Å². The molecule has 0 saturated heterocycles. The predicted octanol–water partition coefficient (Wildman–Crippen LogP) is 4.80. The summed E-state index contributed by atoms with van der Waals surface area (Å²) < 4.78 is 17.3. The quantitative estimate of drug-likeness (QED) is 0.196. The Morgan fingerprint density at radius 2 is 1.15 bits per heavy atom. The number of aromatic amines is 1. The molecule has 0 spiro atoms. The lowest BCUT2D eigenvalue weighted by molar-refractivity contribution is 0.434. The standard InChI is InChI=1S/C21H18N6O3.C12H11Cl.C10H9N5O3/c1-25-12-22-19-18(25)20(28)26(13-23-19)11-17-24-27(21(29)30-17)9-8-14-6-7-15-4-2-3-5-16(15)10-14;13-8-7-10-5-6-11-3-1-2-4-12(11)9-10;1-14-4-12-8-7(14)9(16)15(5-13-8)3-6-2-11-10(17)18-6/h2-7,10,12-13H,8-9,11H2,1H3;1-6,9H,7-8H2;2,4-5H,3H2,1H3,(H,11,17). The van der Waals surface area contributed by atoms with Crippen molar-refractivity contribution in [3.63, 3.8) is 0 Å². The number of nitrogens with one attached hydrogen (secondary N) is 1. The van der Waals surface area contributed by atoms with Crippen LogP contribution in [0.4, 0.5) is 0 Å². The van der Waals surface area contributed by atoms with Gasteiger partial charge in [-0.15, -0.1) is 16.7 Å². The molecular formula is C43H38ClN11O6. The zero-order valence-corrected chi connectivity index (χ0v) is 33.8. The van der Waals surface area contributed by atoms with Crippen LogP contribution in [0.15, 0.2) is 144 Å². The highest BCUT2D eigenvalue weighted by molar-refractivity contribution is 6.18. The molecule has 0 amide bonds. The molecule has 1 N–H and O–H groups in total. The molecule has 18 heteroatoms. The third-order valence-electron chi connectivity index (χ3n) is 9.88. The minimum atomic E-state index is -0.549. The number of benzene rings is 4. The maximum absolute atomic E-state index is 12.6. The molecule has 6 aromatic heterocycles. The monoisotopic (exact) mass is 839 g/mol. The number of aromatic nitrogens is 11. The summed E-state index contributed by atoms with van der Waals surface area (Å²) in [7, 11) is 3.45. The maximum atomic E-state index is 12.6. The summed E-state index contributed by atoms with van der Waals surface area (Å²) in [6.07, 6.45) is 8.83. The summed E-state index contributed by atoms with van der Waals surface area (Å²) in [5.41, 5.74) is 3.49. The van der Waals surface area contributed by atoms with Gasteiger partial charge in [-0.05, 0) is 45.5 Å². The lowest BCUT2D eigenvalue weighted by Gasteiger charge is -2.03. The van der Waals surface area contributed by atoms with Crippen LogP contribution in [0.5, 0.6) is 0 Å². The number of rotatable bonds is 9. The highest BCUT2D eigenvalue weighted by Gasteiger charge is 2.14. The Morgan fingerprint density at radius 1 is 0.623 bits per heavy atom. The van der Waals surface area contributed by atoms with Crippen LogP contribution < -0.4 is 22.6 Å². The summed E-state index contributed by atoms with van der Waals surface area (Å²) in [4.78, 5) is 66.5. The Balaban J connectivity index is 0.000000140. The Kier molecular flexibility index (Phi) is 11.6. The van der Waals surface area contributed by atoms with Gasteiger partial charge in [-0.3, -0.25) is 23.7 Å². The molecule has 6 heterocycles. The van der Waals surface area contributed by atoms with Gasteiger partial charge in [-0.2, -0.15) is 4.68 Å². The van der Waals surface area contributed by atoms with Crippen molar-refractivity contribution in [3.05, 3.63) is 181 Å². The Hall–Kier alpha value is -7.66. The molecule has 0 bridgehead atoms.